The highest BCUT2D eigenvalue weighted by Gasteiger charge is 2.06. The summed E-state index contributed by atoms with van der Waals surface area (Å²) in [4.78, 5) is 4.47. The van der Waals surface area contributed by atoms with Gasteiger partial charge in [0, 0.05) is 31.2 Å². The summed E-state index contributed by atoms with van der Waals surface area (Å²) in [6.45, 7) is 7.97. The van der Waals surface area contributed by atoms with Crippen molar-refractivity contribution in [3.05, 3.63) is 30.4 Å². The van der Waals surface area contributed by atoms with E-state index in [9.17, 15) is 0 Å². The topological polar surface area (TPSA) is 47.7 Å². The zero-order chi connectivity index (χ0) is 12.3. The molecule has 2 heterocycles. The Kier molecular flexibility index (Phi) is 3.46. The van der Waals surface area contributed by atoms with Gasteiger partial charge in [-0.25, -0.2) is 4.98 Å². The van der Waals surface area contributed by atoms with Crippen molar-refractivity contribution in [2.24, 2.45) is 0 Å². The van der Waals surface area contributed by atoms with Crippen molar-refractivity contribution in [1.29, 1.82) is 0 Å². The van der Waals surface area contributed by atoms with Crippen LogP contribution in [0.25, 0.3) is 0 Å². The summed E-state index contributed by atoms with van der Waals surface area (Å²) in [7, 11) is 0. The second-order valence-electron chi connectivity index (χ2n) is 4.47. The van der Waals surface area contributed by atoms with Crippen LogP contribution in [-0.2, 0) is 13.1 Å². The molecule has 0 unspecified atom stereocenters. The van der Waals surface area contributed by atoms with Crippen molar-refractivity contribution in [2.75, 3.05) is 5.32 Å². The van der Waals surface area contributed by atoms with Gasteiger partial charge in [0.25, 0.3) is 0 Å². The van der Waals surface area contributed by atoms with Gasteiger partial charge in [0.2, 0.25) is 5.95 Å². The Morgan fingerprint density at radius 1 is 1.35 bits per heavy atom. The molecule has 5 nitrogen and oxygen atoms in total. The van der Waals surface area contributed by atoms with Crippen LogP contribution in [0.2, 0.25) is 0 Å². The first kappa shape index (κ1) is 11.7. The van der Waals surface area contributed by atoms with Gasteiger partial charge < -0.3 is 9.88 Å². The fourth-order valence-electron chi connectivity index (χ4n) is 1.73. The molecule has 0 amide bonds. The summed E-state index contributed by atoms with van der Waals surface area (Å²) in [5.41, 5.74) is 1.04. The van der Waals surface area contributed by atoms with E-state index >= 15 is 0 Å². The Bertz CT molecular complexity index is 455. The molecule has 0 radical (unpaired) electrons. The van der Waals surface area contributed by atoms with Gasteiger partial charge in [0.1, 0.15) is 0 Å². The number of aromatic nitrogens is 4. The molecule has 92 valence electrons. The molecule has 5 heteroatoms. The van der Waals surface area contributed by atoms with E-state index in [-0.39, 0.29) is 0 Å². The maximum Gasteiger partial charge on any atom is 0.203 e. The smallest absolute Gasteiger partial charge is 0.203 e. The highest BCUT2D eigenvalue weighted by atomic mass is 15.3. The van der Waals surface area contributed by atoms with E-state index < -0.39 is 0 Å². The highest BCUT2D eigenvalue weighted by molar-refractivity contribution is 5.29. The van der Waals surface area contributed by atoms with E-state index in [0.29, 0.717) is 6.04 Å². The van der Waals surface area contributed by atoms with E-state index in [4.69, 9.17) is 0 Å². The summed E-state index contributed by atoms with van der Waals surface area (Å²) < 4.78 is 4.06. The number of nitrogens with zero attached hydrogens (tertiary/aromatic N) is 4. The van der Waals surface area contributed by atoms with Crippen LogP contribution in [0, 0.1) is 6.92 Å². The van der Waals surface area contributed by atoms with E-state index in [1.54, 1.807) is 6.20 Å². The molecule has 0 saturated heterocycles. The number of rotatable bonds is 5. The zero-order valence-electron chi connectivity index (χ0n) is 10.6. The molecule has 2 aromatic rings. The van der Waals surface area contributed by atoms with Crippen LogP contribution in [0.5, 0.6) is 0 Å². The molecule has 2 rings (SSSR count). The second-order valence-corrected chi connectivity index (χ2v) is 4.47. The third kappa shape index (κ3) is 3.09. The van der Waals surface area contributed by atoms with Crippen LogP contribution < -0.4 is 5.32 Å². The molecular formula is C12H19N5. The van der Waals surface area contributed by atoms with Gasteiger partial charge in [0.05, 0.1) is 12.2 Å². The molecule has 0 bridgehead atoms. The first-order valence-electron chi connectivity index (χ1n) is 5.93. The van der Waals surface area contributed by atoms with Crippen molar-refractivity contribution < 1.29 is 0 Å². The molecule has 17 heavy (non-hydrogen) atoms. The average Bonchev–Trinajstić information content (AvgIpc) is 2.84. The van der Waals surface area contributed by atoms with Crippen LogP contribution in [0.15, 0.2) is 24.7 Å². The van der Waals surface area contributed by atoms with Crippen molar-refractivity contribution in [2.45, 2.75) is 39.9 Å². The molecule has 2 aromatic heterocycles. The van der Waals surface area contributed by atoms with E-state index in [0.717, 1.165) is 24.7 Å². The van der Waals surface area contributed by atoms with Crippen molar-refractivity contribution in [1.82, 2.24) is 19.3 Å². The molecule has 0 fully saturated rings. The van der Waals surface area contributed by atoms with Crippen molar-refractivity contribution in [3.8, 4) is 0 Å². The molecule has 0 aromatic carbocycles. The standard InChI is InChI=1S/C12H19N5/c1-10(2)14-12-15-11(3)9-16(12)7-8-17-6-4-5-13-17/h4-6,9-10H,7-8H2,1-3H3,(H,14,15). The minimum atomic E-state index is 0.389. The third-order valence-electron chi connectivity index (χ3n) is 2.44. The van der Waals surface area contributed by atoms with Crippen LogP contribution >= 0.6 is 0 Å². The minimum Gasteiger partial charge on any atom is -0.353 e. The lowest BCUT2D eigenvalue weighted by Crippen LogP contribution is -2.16. The number of hydrogen-bond donors (Lipinski definition) is 1. The Labute approximate surface area is 101 Å². The molecule has 1 N–H and O–H groups in total. The summed E-state index contributed by atoms with van der Waals surface area (Å²) in [6, 6.07) is 2.33. The summed E-state index contributed by atoms with van der Waals surface area (Å²) in [6.07, 6.45) is 5.83. The molecular weight excluding hydrogens is 214 g/mol. The van der Waals surface area contributed by atoms with Gasteiger partial charge >= 0.3 is 0 Å². The molecule has 0 spiro atoms. The van der Waals surface area contributed by atoms with E-state index in [1.165, 1.54) is 0 Å². The summed E-state index contributed by atoms with van der Waals surface area (Å²) in [5, 5.41) is 7.54. The molecule has 0 saturated carbocycles. The largest absolute Gasteiger partial charge is 0.353 e. The monoisotopic (exact) mass is 233 g/mol. The van der Waals surface area contributed by atoms with Gasteiger partial charge in [0.15, 0.2) is 0 Å². The number of nitrogens with one attached hydrogen (secondary N) is 1. The van der Waals surface area contributed by atoms with Gasteiger partial charge in [-0.05, 0) is 26.8 Å². The maximum atomic E-state index is 4.47. The fourth-order valence-corrected chi connectivity index (χ4v) is 1.73. The van der Waals surface area contributed by atoms with Gasteiger partial charge in [-0.1, -0.05) is 0 Å². The molecule has 0 atom stereocenters. The summed E-state index contributed by atoms with van der Waals surface area (Å²) >= 11 is 0. The zero-order valence-corrected chi connectivity index (χ0v) is 10.6. The Hall–Kier alpha value is -1.78. The predicted octanol–water partition coefficient (Wildman–Crippen LogP) is 1.91. The SMILES string of the molecule is Cc1cn(CCn2cccn2)c(NC(C)C)n1. The van der Waals surface area contributed by atoms with Gasteiger partial charge in [-0.15, -0.1) is 0 Å². The predicted molar refractivity (Wildman–Crippen MR) is 67.9 cm³/mol. The average molecular weight is 233 g/mol. The Morgan fingerprint density at radius 2 is 2.18 bits per heavy atom. The van der Waals surface area contributed by atoms with Crippen LogP contribution in [-0.4, -0.2) is 25.4 Å². The van der Waals surface area contributed by atoms with Crippen molar-refractivity contribution >= 4 is 5.95 Å². The first-order valence-corrected chi connectivity index (χ1v) is 5.93. The lowest BCUT2D eigenvalue weighted by atomic mass is 10.4. The van der Waals surface area contributed by atoms with Crippen molar-refractivity contribution in [3.63, 3.8) is 0 Å². The normalized spacial score (nSPS) is 11.1. The summed E-state index contributed by atoms with van der Waals surface area (Å²) in [5.74, 6) is 0.935. The third-order valence-corrected chi connectivity index (χ3v) is 2.44. The lowest BCUT2D eigenvalue weighted by molar-refractivity contribution is 0.534. The maximum absolute atomic E-state index is 4.47. The highest BCUT2D eigenvalue weighted by Crippen LogP contribution is 2.09. The van der Waals surface area contributed by atoms with E-state index in [1.807, 2.05) is 23.9 Å². The van der Waals surface area contributed by atoms with Gasteiger partial charge in [-0.2, -0.15) is 5.10 Å². The second kappa shape index (κ2) is 5.03. The van der Waals surface area contributed by atoms with Crippen LogP contribution in [0.3, 0.4) is 0 Å². The number of aryl methyl sites for hydroxylation is 3. The van der Waals surface area contributed by atoms with Gasteiger partial charge in [-0.3, -0.25) is 4.68 Å². The Morgan fingerprint density at radius 3 is 2.82 bits per heavy atom. The van der Waals surface area contributed by atoms with Crippen LogP contribution in [0.4, 0.5) is 5.95 Å². The van der Waals surface area contributed by atoms with Crippen LogP contribution in [0.1, 0.15) is 19.5 Å². The Balaban J connectivity index is 2.04. The fraction of sp³-hybridized carbons (Fsp3) is 0.500. The number of imidazole rings is 1. The first-order chi connectivity index (χ1) is 8.15. The number of hydrogen-bond acceptors (Lipinski definition) is 3. The minimum absolute atomic E-state index is 0.389. The van der Waals surface area contributed by atoms with E-state index in [2.05, 4.69) is 40.0 Å². The number of anilines is 1. The molecule has 0 aliphatic rings. The molecule has 0 aliphatic heterocycles. The lowest BCUT2D eigenvalue weighted by Gasteiger charge is -2.12. The molecule has 0 aliphatic carbocycles. The quantitative estimate of drug-likeness (QED) is 0.858.